The second kappa shape index (κ2) is 7.79. The first kappa shape index (κ1) is 18.6. The van der Waals surface area contributed by atoms with E-state index in [2.05, 4.69) is 66.9 Å². The number of fused-ring (bicyclic) bond motifs is 1. The average molecular weight is 402 g/mol. The number of allylic oxidation sites excluding steroid dienone is 6. The van der Waals surface area contributed by atoms with Crippen LogP contribution in [0.3, 0.4) is 0 Å². The van der Waals surface area contributed by atoms with Crippen molar-refractivity contribution in [2.24, 2.45) is 0 Å². The minimum absolute atomic E-state index is 0.0711. The minimum atomic E-state index is 0.0711. The fourth-order valence-corrected chi connectivity index (χ4v) is 5.66. The lowest BCUT2D eigenvalue weighted by atomic mass is 9.91. The van der Waals surface area contributed by atoms with Crippen molar-refractivity contribution < 1.29 is 4.79 Å². The van der Waals surface area contributed by atoms with E-state index < -0.39 is 0 Å². The number of benzene rings is 1. The highest BCUT2D eigenvalue weighted by Crippen LogP contribution is 2.43. The zero-order valence-electron chi connectivity index (χ0n) is 16.9. The second-order valence-electron chi connectivity index (χ2n) is 8.50. The van der Waals surface area contributed by atoms with Gasteiger partial charge in [-0.15, -0.1) is 11.3 Å². The summed E-state index contributed by atoms with van der Waals surface area (Å²) in [5.74, 6) is 1.13. The first-order valence-corrected chi connectivity index (χ1v) is 11.6. The fraction of sp³-hybridized carbons (Fsp3) is 0.346. The van der Waals surface area contributed by atoms with Gasteiger partial charge in [0, 0.05) is 22.2 Å². The van der Waals surface area contributed by atoms with Crippen LogP contribution in [0, 0.1) is 0 Å². The summed E-state index contributed by atoms with van der Waals surface area (Å²) in [5, 5.41) is 3.10. The van der Waals surface area contributed by atoms with Gasteiger partial charge in [0.05, 0.1) is 5.56 Å². The minimum Gasteiger partial charge on any atom is -0.352 e. The van der Waals surface area contributed by atoms with Crippen LogP contribution in [-0.4, -0.2) is 12.5 Å². The fourth-order valence-electron chi connectivity index (χ4n) is 4.33. The maximum absolute atomic E-state index is 12.8. The predicted octanol–water partition coefficient (Wildman–Crippen LogP) is 6.57. The van der Waals surface area contributed by atoms with Crippen molar-refractivity contribution in [3.05, 3.63) is 86.7 Å². The molecular formula is C26H27NOS. The lowest BCUT2D eigenvalue weighted by Gasteiger charge is -2.15. The van der Waals surface area contributed by atoms with E-state index in [1.165, 1.54) is 44.9 Å². The maximum atomic E-state index is 12.8. The molecule has 1 aliphatic heterocycles. The van der Waals surface area contributed by atoms with Crippen LogP contribution in [0.4, 0.5) is 0 Å². The van der Waals surface area contributed by atoms with Crippen LogP contribution < -0.4 is 5.32 Å². The Labute approximate surface area is 177 Å². The van der Waals surface area contributed by atoms with E-state index in [9.17, 15) is 4.79 Å². The smallest absolute Gasteiger partial charge is 0.252 e. The van der Waals surface area contributed by atoms with Gasteiger partial charge >= 0.3 is 0 Å². The van der Waals surface area contributed by atoms with Gasteiger partial charge in [0.2, 0.25) is 0 Å². The van der Waals surface area contributed by atoms with Crippen molar-refractivity contribution in [3.63, 3.8) is 0 Å². The summed E-state index contributed by atoms with van der Waals surface area (Å²) in [6.45, 7) is 2.92. The zero-order chi connectivity index (χ0) is 19.8. The Bertz CT molecular complexity index is 1020. The van der Waals surface area contributed by atoms with E-state index in [1.54, 1.807) is 11.3 Å². The molecule has 0 saturated heterocycles. The first-order valence-electron chi connectivity index (χ1n) is 10.7. The molecule has 2 aliphatic carbocycles. The molecule has 5 rings (SSSR count). The molecular weight excluding hydrogens is 374 g/mol. The molecule has 2 heterocycles. The molecule has 148 valence electrons. The van der Waals surface area contributed by atoms with Crippen LogP contribution in [-0.2, 0) is 0 Å². The van der Waals surface area contributed by atoms with E-state index in [4.69, 9.17) is 0 Å². The third kappa shape index (κ3) is 3.89. The van der Waals surface area contributed by atoms with E-state index >= 15 is 0 Å². The molecule has 1 atom stereocenters. The molecule has 2 aromatic rings. The van der Waals surface area contributed by atoms with Crippen LogP contribution >= 0.6 is 11.3 Å². The van der Waals surface area contributed by atoms with Gasteiger partial charge in [0.25, 0.3) is 5.91 Å². The van der Waals surface area contributed by atoms with E-state index in [1.807, 2.05) is 0 Å². The Kier molecular flexibility index (Phi) is 5.01. The summed E-state index contributed by atoms with van der Waals surface area (Å²) < 4.78 is 0. The molecule has 0 bridgehead atoms. The normalized spacial score (nSPS) is 22.0. The van der Waals surface area contributed by atoms with Gasteiger partial charge < -0.3 is 5.32 Å². The molecule has 1 saturated carbocycles. The molecule has 1 fully saturated rings. The molecule has 29 heavy (non-hydrogen) atoms. The topological polar surface area (TPSA) is 29.1 Å². The zero-order valence-corrected chi connectivity index (χ0v) is 17.7. The van der Waals surface area contributed by atoms with Crippen molar-refractivity contribution in [3.8, 4) is 0 Å². The van der Waals surface area contributed by atoms with Gasteiger partial charge in [0.1, 0.15) is 0 Å². The highest BCUT2D eigenvalue weighted by atomic mass is 32.1. The van der Waals surface area contributed by atoms with E-state index in [0.29, 0.717) is 0 Å². The highest BCUT2D eigenvalue weighted by molar-refractivity contribution is 7.13. The molecule has 1 aromatic carbocycles. The van der Waals surface area contributed by atoms with Gasteiger partial charge in [-0.05, 0) is 67.7 Å². The van der Waals surface area contributed by atoms with Crippen molar-refractivity contribution in [2.45, 2.75) is 50.9 Å². The molecule has 0 spiro atoms. The predicted molar refractivity (Wildman–Crippen MR) is 122 cm³/mol. The molecule has 3 heteroatoms. The quantitative estimate of drug-likeness (QED) is 0.619. The molecule has 1 amide bonds. The maximum Gasteiger partial charge on any atom is 0.252 e. The lowest BCUT2D eigenvalue weighted by Crippen LogP contribution is -2.22. The Morgan fingerprint density at radius 2 is 1.83 bits per heavy atom. The highest BCUT2D eigenvalue weighted by Gasteiger charge is 2.29. The first-order chi connectivity index (χ1) is 14.2. The van der Waals surface area contributed by atoms with Crippen LogP contribution in [0.2, 0.25) is 0 Å². The number of nitrogens with one attached hydrogen (secondary N) is 1. The number of rotatable bonds is 3. The molecule has 0 radical (unpaired) electrons. The summed E-state index contributed by atoms with van der Waals surface area (Å²) in [4.78, 5) is 15.2. The monoisotopic (exact) mass is 401 g/mol. The molecule has 1 N–H and O–H groups in total. The van der Waals surface area contributed by atoms with Gasteiger partial charge in [0.15, 0.2) is 0 Å². The van der Waals surface area contributed by atoms with Crippen molar-refractivity contribution in [2.75, 3.05) is 6.54 Å². The number of carbonyl (C=O) groups is 1. The number of hydrogen-bond acceptors (Lipinski definition) is 2. The van der Waals surface area contributed by atoms with Crippen LogP contribution in [0.5, 0.6) is 0 Å². The number of carbonyl (C=O) groups excluding carboxylic acids is 1. The van der Waals surface area contributed by atoms with Crippen LogP contribution in [0.15, 0.2) is 60.2 Å². The molecule has 1 unspecified atom stereocenters. The number of hydrogen-bond donors (Lipinski definition) is 1. The molecule has 1 aromatic heterocycles. The Morgan fingerprint density at radius 3 is 2.62 bits per heavy atom. The van der Waals surface area contributed by atoms with Crippen molar-refractivity contribution in [1.29, 1.82) is 0 Å². The third-order valence-electron chi connectivity index (χ3n) is 6.26. The summed E-state index contributed by atoms with van der Waals surface area (Å²) in [6, 6.07) is 11.3. The standard InChI is InChI=1S/C26H27NOS/c1-17-4-2-3-5-21(7-6-17)24-16-23-25(29-24)22(14-15-27-26(23)28)20-12-10-19(11-13-20)18-8-9-18/h3,5-7,10-13,16,18,22H,2,4,8-9,14-15H2,1H3,(H,27,28). The Hall–Kier alpha value is -2.39. The van der Waals surface area contributed by atoms with E-state index in [-0.39, 0.29) is 11.8 Å². The number of amides is 1. The number of thiophene rings is 1. The Balaban J connectivity index is 1.53. The van der Waals surface area contributed by atoms with Crippen molar-refractivity contribution in [1.82, 2.24) is 5.32 Å². The summed E-state index contributed by atoms with van der Waals surface area (Å²) in [6.07, 6.45) is 14.7. The third-order valence-corrected chi connectivity index (χ3v) is 7.56. The summed E-state index contributed by atoms with van der Waals surface area (Å²) in [7, 11) is 0. The van der Waals surface area contributed by atoms with E-state index in [0.717, 1.165) is 37.3 Å². The van der Waals surface area contributed by atoms with Crippen LogP contribution in [0.25, 0.3) is 5.57 Å². The van der Waals surface area contributed by atoms with Gasteiger partial charge in [-0.1, -0.05) is 54.1 Å². The van der Waals surface area contributed by atoms with Gasteiger partial charge in [-0.3, -0.25) is 4.79 Å². The average Bonchev–Trinajstić information content (AvgIpc) is 3.50. The summed E-state index contributed by atoms with van der Waals surface area (Å²) in [5.41, 5.74) is 6.26. The SMILES string of the molecule is CC1=CC=C(c2cc3c(s2)C(c2ccc(C4CC4)cc2)CCNC3=O)C=CCC1. The molecule has 3 aliphatic rings. The van der Waals surface area contributed by atoms with Gasteiger partial charge in [-0.2, -0.15) is 0 Å². The lowest BCUT2D eigenvalue weighted by molar-refractivity contribution is 0.0956. The van der Waals surface area contributed by atoms with Crippen molar-refractivity contribution >= 4 is 22.8 Å². The Morgan fingerprint density at radius 1 is 1.03 bits per heavy atom. The van der Waals surface area contributed by atoms with Gasteiger partial charge in [-0.25, -0.2) is 0 Å². The second-order valence-corrected chi connectivity index (χ2v) is 9.59. The molecule has 2 nitrogen and oxygen atoms in total. The van der Waals surface area contributed by atoms with Crippen LogP contribution in [0.1, 0.15) is 82.1 Å². The summed E-state index contributed by atoms with van der Waals surface area (Å²) >= 11 is 1.79. The largest absolute Gasteiger partial charge is 0.352 e.